The Kier molecular flexibility index (Phi) is 5.02. The molecule has 3 rings (SSSR count). The summed E-state index contributed by atoms with van der Waals surface area (Å²) in [6.07, 6.45) is 0. The number of nitrogens with one attached hydrogen (secondary N) is 1. The summed E-state index contributed by atoms with van der Waals surface area (Å²) in [5.41, 5.74) is 2.33. The Hall–Kier alpha value is -2.11. The van der Waals surface area contributed by atoms with Gasteiger partial charge in [-0.1, -0.05) is 58.4 Å². The zero-order valence-electron chi connectivity index (χ0n) is 12.8. The molecule has 24 heavy (non-hydrogen) atoms. The van der Waals surface area contributed by atoms with Gasteiger partial charge in [0, 0.05) is 4.48 Å². The number of rotatable bonds is 5. The molecule has 0 spiro atoms. The van der Waals surface area contributed by atoms with Crippen molar-refractivity contribution in [3.8, 4) is 0 Å². The number of hydrogen-bond acceptors (Lipinski definition) is 2. The number of halogens is 2. The maximum Gasteiger partial charge on any atom is 0.253 e. The summed E-state index contributed by atoms with van der Waals surface area (Å²) in [5, 5.41) is 3.31. The second-order valence-corrected chi connectivity index (χ2v) is 6.81. The van der Waals surface area contributed by atoms with E-state index in [9.17, 15) is 4.79 Å². The van der Waals surface area contributed by atoms with E-state index in [0.717, 1.165) is 21.3 Å². The van der Waals surface area contributed by atoms with Crippen molar-refractivity contribution in [3.63, 3.8) is 0 Å². The van der Waals surface area contributed by atoms with Gasteiger partial charge in [0.05, 0.1) is 34.7 Å². The fraction of sp³-hybridized carbons (Fsp3) is 0.111. The van der Waals surface area contributed by atoms with Crippen molar-refractivity contribution in [3.05, 3.63) is 76.0 Å². The fourth-order valence-corrected chi connectivity index (χ4v) is 2.98. The Bertz CT molecular complexity index is 920. The van der Waals surface area contributed by atoms with Crippen LogP contribution in [0.3, 0.4) is 0 Å². The van der Waals surface area contributed by atoms with Crippen molar-refractivity contribution in [2.24, 2.45) is 0 Å². The van der Waals surface area contributed by atoms with E-state index in [2.05, 4.69) is 32.8 Å². The maximum atomic E-state index is 12.3. The molecule has 2 aromatic carbocycles. The largest absolute Gasteiger partial charge is 0.345 e. The molecule has 0 unspecified atom stereocenters. The number of carbonyl (C=O) groups excluding carboxylic acids is 1. The third-order valence-electron chi connectivity index (χ3n) is 3.59. The van der Waals surface area contributed by atoms with Crippen molar-refractivity contribution < 1.29 is 4.79 Å². The molecule has 122 valence electrons. The number of hydrogen-bond donors (Lipinski definition) is 1. The fourth-order valence-electron chi connectivity index (χ4n) is 2.51. The van der Waals surface area contributed by atoms with Gasteiger partial charge in [-0.25, -0.2) is 4.98 Å². The van der Waals surface area contributed by atoms with E-state index in [1.54, 1.807) is 24.3 Å². The Morgan fingerprint density at radius 3 is 2.67 bits per heavy atom. The Morgan fingerprint density at radius 1 is 1.21 bits per heavy atom. The molecule has 0 aliphatic heterocycles. The first-order valence-electron chi connectivity index (χ1n) is 7.36. The second kappa shape index (κ2) is 7.20. The van der Waals surface area contributed by atoms with E-state index in [1.165, 1.54) is 0 Å². The summed E-state index contributed by atoms with van der Waals surface area (Å²) in [5.74, 6) is 0.536. The van der Waals surface area contributed by atoms with Crippen molar-refractivity contribution in [1.29, 1.82) is 0 Å². The summed E-state index contributed by atoms with van der Waals surface area (Å²) in [6.45, 7) is 4.78. The number of allylic oxidation sites excluding steroid dienone is 1. The molecule has 0 atom stereocenters. The molecule has 0 fully saturated rings. The van der Waals surface area contributed by atoms with E-state index in [0.29, 0.717) is 23.7 Å². The van der Waals surface area contributed by atoms with Gasteiger partial charge in [-0.2, -0.15) is 0 Å². The number of carbonyl (C=O) groups is 1. The van der Waals surface area contributed by atoms with Crippen molar-refractivity contribution in [2.45, 2.75) is 13.1 Å². The summed E-state index contributed by atoms with van der Waals surface area (Å²) < 4.78 is 2.86. The molecule has 0 aliphatic rings. The highest BCUT2D eigenvalue weighted by atomic mass is 79.9. The predicted molar refractivity (Wildman–Crippen MR) is 100 cm³/mol. The average molecular weight is 405 g/mol. The van der Waals surface area contributed by atoms with E-state index in [-0.39, 0.29) is 5.91 Å². The van der Waals surface area contributed by atoms with Gasteiger partial charge in [-0.3, -0.25) is 4.79 Å². The third-order valence-corrected chi connectivity index (χ3v) is 4.17. The molecule has 6 heteroatoms. The molecule has 3 aromatic rings. The van der Waals surface area contributed by atoms with Crippen LogP contribution < -0.4 is 5.32 Å². The number of nitrogens with zero attached hydrogens (tertiary/aromatic N) is 2. The first-order valence-corrected chi connectivity index (χ1v) is 8.53. The lowest BCUT2D eigenvalue weighted by molar-refractivity contribution is 0.0949. The zero-order chi connectivity index (χ0) is 17.1. The van der Waals surface area contributed by atoms with Crippen LogP contribution >= 0.6 is 27.5 Å². The monoisotopic (exact) mass is 403 g/mol. The third kappa shape index (κ3) is 3.52. The van der Waals surface area contributed by atoms with Gasteiger partial charge in [-0.05, 0) is 24.3 Å². The van der Waals surface area contributed by atoms with E-state index in [1.807, 2.05) is 28.8 Å². The maximum absolute atomic E-state index is 12.3. The van der Waals surface area contributed by atoms with Crippen LogP contribution in [-0.2, 0) is 13.1 Å². The normalized spacial score (nSPS) is 10.8. The van der Waals surface area contributed by atoms with Crippen molar-refractivity contribution in [2.75, 3.05) is 0 Å². The number of imidazole rings is 1. The molecule has 0 bridgehead atoms. The summed E-state index contributed by atoms with van der Waals surface area (Å²) in [4.78, 5) is 16.9. The highest BCUT2D eigenvalue weighted by molar-refractivity contribution is 9.11. The van der Waals surface area contributed by atoms with Crippen LogP contribution in [0.25, 0.3) is 11.0 Å². The van der Waals surface area contributed by atoms with Gasteiger partial charge in [-0.15, -0.1) is 0 Å². The van der Waals surface area contributed by atoms with Gasteiger partial charge in [0.2, 0.25) is 0 Å². The van der Waals surface area contributed by atoms with Crippen molar-refractivity contribution in [1.82, 2.24) is 14.9 Å². The molecule has 1 N–H and O–H groups in total. The van der Waals surface area contributed by atoms with Gasteiger partial charge in [0.15, 0.2) is 0 Å². The first kappa shape index (κ1) is 16.7. The number of fused-ring (bicyclic) bond motifs is 1. The van der Waals surface area contributed by atoms with Crippen LogP contribution in [0, 0.1) is 0 Å². The quantitative estimate of drug-likeness (QED) is 0.679. The average Bonchev–Trinajstić information content (AvgIpc) is 2.90. The minimum Gasteiger partial charge on any atom is -0.345 e. The minimum atomic E-state index is -0.225. The number of aromatic nitrogens is 2. The Morgan fingerprint density at radius 2 is 1.92 bits per heavy atom. The lowest BCUT2D eigenvalue weighted by Gasteiger charge is -2.10. The van der Waals surface area contributed by atoms with E-state index in [4.69, 9.17) is 11.6 Å². The van der Waals surface area contributed by atoms with Crippen LogP contribution in [0.2, 0.25) is 5.02 Å². The minimum absolute atomic E-state index is 0.225. The molecule has 0 saturated heterocycles. The lowest BCUT2D eigenvalue weighted by atomic mass is 10.2. The Labute approximate surface area is 153 Å². The van der Waals surface area contributed by atoms with Crippen LogP contribution in [0.4, 0.5) is 0 Å². The molecule has 1 heterocycles. The van der Waals surface area contributed by atoms with Crippen LogP contribution in [-0.4, -0.2) is 15.5 Å². The molecule has 1 amide bonds. The summed E-state index contributed by atoms with van der Waals surface area (Å²) in [6, 6.07) is 14.8. The molecule has 4 nitrogen and oxygen atoms in total. The molecule has 0 aliphatic carbocycles. The second-order valence-electron chi connectivity index (χ2n) is 5.28. The molecular formula is C18H15BrClN3O. The Balaban J connectivity index is 1.86. The molecule has 0 radical (unpaired) electrons. The molecule has 0 saturated carbocycles. The van der Waals surface area contributed by atoms with E-state index < -0.39 is 0 Å². The standard InChI is InChI=1S/C18H15BrClN3O/c1-12(19)11-23-16-9-5-4-8-15(16)22-17(23)10-21-18(24)13-6-2-3-7-14(13)20/h2-9H,1,10-11H2,(H,21,24). The topological polar surface area (TPSA) is 46.9 Å². The van der Waals surface area contributed by atoms with E-state index >= 15 is 0 Å². The predicted octanol–water partition coefficient (Wildman–Crippen LogP) is 4.53. The number of amides is 1. The van der Waals surface area contributed by atoms with Crippen LogP contribution in [0.5, 0.6) is 0 Å². The van der Waals surface area contributed by atoms with Crippen LogP contribution in [0.15, 0.2) is 59.6 Å². The van der Waals surface area contributed by atoms with Gasteiger partial charge in [0.1, 0.15) is 5.82 Å². The number of benzene rings is 2. The SMILES string of the molecule is C=C(Br)Cn1c(CNC(=O)c2ccccc2Cl)nc2ccccc21. The summed E-state index contributed by atoms with van der Waals surface area (Å²) >= 11 is 9.46. The first-order chi connectivity index (χ1) is 11.6. The smallest absolute Gasteiger partial charge is 0.253 e. The van der Waals surface area contributed by atoms with Crippen molar-refractivity contribution >= 4 is 44.5 Å². The summed E-state index contributed by atoms with van der Waals surface area (Å²) in [7, 11) is 0. The van der Waals surface area contributed by atoms with Crippen LogP contribution in [0.1, 0.15) is 16.2 Å². The van der Waals surface area contributed by atoms with Gasteiger partial charge in [0.25, 0.3) is 5.91 Å². The molecule has 1 aromatic heterocycles. The highest BCUT2D eigenvalue weighted by Gasteiger charge is 2.14. The zero-order valence-corrected chi connectivity index (χ0v) is 15.1. The lowest BCUT2D eigenvalue weighted by Crippen LogP contribution is -2.25. The van der Waals surface area contributed by atoms with Gasteiger partial charge >= 0.3 is 0 Å². The van der Waals surface area contributed by atoms with Gasteiger partial charge < -0.3 is 9.88 Å². The molecular weight excluding hydrogens is 390 g/mol. The highest BCUT2D eigenvalue weighted by Crippen LogP contribution is 2.19. The number of para-hydroxylation sites is 2.